The molecule has 1 aromatic rings. The number of amides is 1. The molecule has 0 saturated carbocycles. The molecular weight excluding hydrogens is 316 g/mol. The molecule has 0 bridgehead atoms. The van der Waals surface area contributed by atoms with Crippen LogP contribution in [0.1, 0.15) is 32.8 Å². The number of halogens is 2. The van der Waals surface area contributed by atoms with Crippen LogP contribution in [0.25, 0.3) is 0 Å². The van der Waals surface area contributed by atoms with E-state index < -0.39 is 29.0 Å². The van der Waals surface area contributed by atoms with Crippen LogP contribution in [0.5, 0.6) is 0 Å². The van der Waals surface area contributed by atoms with Crippen molar-refractivity contribution in [2.75, 3.05) is 18.8 Å². The standard InChI is InChI=1S/C17H21F2N3O2/c1-17(2,3)24-16(23)22-8-4-5-10(9-22)14(20)13-11(18)6-7-12(19)15(13)21/h5-7,20H,4,8-9,21H2,1-3H3. The van der Waals surface area contributed by atoms with Gasteiger partial charge in [-0.3, -0.25) is 5.41 Å². The number of ether oxygens (including phenoxy) is 1. The van der Waals surface area contributed by atoms with Crippen LogP contribution >= 0.6 is 0 Å². The molecule has 1 amide bonds. The Morgan fingerprint density at radius 1 is 1.29 bits per heavy atom. The lowest BCUT2D eigenvalue weighted by Gasteiger charge is -2.30. The second-order valence-electron chi connectivity index (χ2n) is 6.61. The summed E-state index contributed by atoms with van der Waals surface area (Å²) < 4.78 is 32.9. The first-order valence-electron chi connectivity index (χ1n) is 7.60. The zero-order chi connectivity index (χ0) is 18.1. The second-order valence-corrected chi connectivity index (χ2v) is 6.61. The van der Waals surface area contributed by atoms with Crippen LogP contribution < -0.4 is 5.73 Å². The van der Waals surface area contributed by atoms with Gasteiger partial charge in [-0.2, -0.15) is 0 Å². The fourth-order valence-electron chi connectivity index (χ4n) is 2.39. The summed E-state index contributed by atoms with van der Waals surface area (Å²) >= 11 is 0. The number of benzene rings is 1. The molecule has 0 spiro atoms. The van der Waals surface area contributed by atoms with Gasteiger partial charge in [0.1, 0.15) is 17.2 Å². The number of rotatable bonds is 2. The van der Waals surface area contributed by atoms with E-state index in [9.17, 15) is 13.6 Å². The van der Waals surface area contributed by atoms with Crippen molar-refractivity contribution in [3.8, 4) is 0 Å². The summed E-state index contributed by atoms with van der Waals surface area (Å²) in [5.41, 5.74) is 4.44. The molecule has 3 N–H and O–H groups in total. The van der Waals surface area contributed by atoms with Crippen molar-refractivity contribution >= 4 is 17.5 Å². The molecule has 1 aromatic carbocycles. The number of carbonyl (C=O) groups is 1. The van der Waals surface area contributed by atoms with Gasteiger partial charge in [-0.15, -0.1) is 0 Å². The molecule has 0 fully saturated rings. The molecule has 130 valence electrons. The van der Waals surface area contributed by atoms with Crippen LogP contribution in [-0.4, -0.2) is 35.4 Å². The Labute approximate surface area is 139 Å². The van der Waals surface area contributed by atoms with E-state index in [2.05, 4.69) is 0 Å². The average molecular weight is 337 g/mol. The maximum Gasteiger partial charge on any atom is 0.410 e. The Hall–Kier alpha value is -2.44. The van der Waals surface area contributed by atoms with Crippen LogP contribution in [0, 0.1) is 17.0 Å². The Morgan fingerprint density at radius 3 is 2.54 bits per heavy atom. The summed E-state index contributed by atoms with van der Waals surface area (Å²) in [5.74, 6) is -1.55. The predicted octanol–water partition coefficient (Wildman–Crippen LogP) is 3.48. The van der Waals surface area contributed by atoms with Gasteiger partial charge in [-0.1, -0.05) is 6.08 Å². The molecule has 0 atom stereocenters. The van der Waals surface area contributed by atoms with Crippen molar-refractivity contribution in [1.82, 2.24) is 4.90 Å². The number of carbonyl (C=O) groups excluding carboxylic acids is 1. The number of hydrogen-bond donors (Lipinski definition) is 2. The van der Waals surface area contributed by atoms with Crippen molar-refractivity contribution in [3.05, 3.63) is 41.0 Å². The van der Waals surface area contributed by atoms with Crippen LogP contribution in [0.2, 0.25) is 0 Å². The highest BCUT2D eigenvalue weighted by Crippen LogP contribution is 2.25. The number of nitrogens with zero attached hydrogens (tertiary/aromatic N) is 1. The van der Waals surface area contributed by atoms with Crippen molar-refractivity contribution < 1.29 is 18.3 Å². The van der Waals surface area contributed by atoms with Gasteiger partial charge in [0.15, 0.2) is 0 Å². The molecule has 5 nitrogen and oxygen atoms in total. The van der Waals surface area contributed by atoms with E-state index in [-0.39, 0.29) is 17.8 Å². The van der Waals surface area contributed by atoms with Gasteiger partial charge in [0.25, 0.3) is 0 Å². The van der Waals surface area contributed by atoms with Gasteiger partial charge >= 0.3 is 6.09 Å². The maximum absolute atomic E-state index is 14.0. The first kappa shape index (κ1) is 17.9. The largest absolute Gasteiger partial charge is 0.444 e. The summed E-state index contributed by atoms with van der Waals surface area (Å²) in [6.07, 6.45) is 1.72. The Balaban J connectivity index is 2.22. The maximum atomic E-state index is 14.0. The van der Waals surface area contributed by atoms with Gasteiger partial charge in [0, 0.05) is 6.54 Å². The van der Waals surface area contributed by atoms with Crippen molar-refractivity contribution in [2.45, 2.75) is 32.8 Å². The molecular formula is C17H21F2N3O2. The highest BCUT2D eigenvalue weighted by molar-refractivity contribution is 6.14. The Kier molecular flexibility index (Phi) is 4.91. The summed E-state index contributed by atoms with van der Waals surface area (Å²) in [7, 11) is 0. The monoisotopic (exact) mass is 337 g/mol. The third kappa shape index (κ3) is 3.90. The van der Waals surface area contributed by atoms with E-state index >= 15 is 0 Å². The van der Waals surface area contributed by atoms with Crippen LogP contribution in [0.4, 0.5) is 19.3 Å². The molecule has 7 heteroatoms. The third-order valence-corrected chi connectivity index (χ3v) is 3.52. The molecule has 0 radical (unpaired) electrons. The van der Waals surface area contributed by atoms with Gasteiger partial charge in [-0.05, 0) is 44.9 Å². The summed E-state index contributed by atoms with van der Waals surface area (Å²) in [4.78, 5) is 13.6. The molecule has 0 aliphatic carbocycles. The average Bonchev–Trinajstić information content (AvgIpc) is 2.50. The Morgan fingerprint density at radius 2 is 1.92 bits per heavy atom. The third-order valence-electron chi connectivity index (χ3n) is 3.52. The number of nitrogens with one attached hydrogen (secondary N) is 1. The van der Waals surface area contributed by atoms with Gasteiger partial charge in [-0.25, -0.2) is 13.6 Å². The number of nitrogens with two attached hydrogens (primary N) is 1. The van der Waals surface area contributed by atoms with E-state index in [0.717, 1.165) is 12.1 Å². The van der Waals surface area contributed by atoms with E-state index in [1.165, 1.54) is 4.90 Å². The molecule has 2 rings (SSSR count). The zero-order valence-electron chi connectivity index (χ0n) is 14.0. The fraction of sp³-hybridized carbons (Fsp3) is 0.412. The predicted molar refractivity (Wildman–Crippen MR) is 88.1 cm³/mol. The summed E-state index contributed by atoms with van der Waals surface area (Å²) in [6.45, 7) is 5.80. The van der Waals surface area contributed by atoms with E-state index in [0.29, 0.717) is 18.5 Å². The first-order chi connectivity index (χ1) is 11.1. The highest BCUT2D eigenvalue weighted by atomic mass is 19.1. The van der Waals surface area contributed by atoms with Crippen molar-refractivity contribution in [2.24, 2.45) is 0 Å². The highest BCUT2D eigenvalue weighted by Gasteiger charge is 2.27. The topological polar surface area (TPSA) is 79.4 Å². The lowest BCUT2D eigenvalue weighted by atomic mass is 9.97. The van der Waals surface area contributed by atoms with Crippen LogP contribution in [0.15, 0.2) is 23.8 Å². The van der Waals surface area contributed by atoms with Crippen molar-refractivity contribution in [3.63, 3.8) is 0 Å². The minimum absolute atomic E-state index is 0.0864. The minimum atomic E-state index is -0.781. The molecule has 1 aliphatic rings. The van der Waals surface area contributed by atoms with E-state index in [1.54, 1.807) is 26.8 Å². The quantitative estimate of drug-likeness (QED) is 0.640. The fourth-order valence-corrected chi connectivity index (χ4v) is 2.39. The SMILES string of the molecule is CC(C)(C)OC(=O)N1CCC=C(C(=N)c2c(F)ccc(F)c2N)C1. The Bertz CT molecular complexity index is 709. The molecule has 0 unspecified atom stereocenters. The number of nitrogen functional groups attached to an aromatic ring is 1. The minimum Gasteiger partial charge on any atom is -0.444 e. The molecule has 1 heterocycles. The van der Waals surface area contributed by atoms with Crippen molar-refractivity contribution in [1.29, 1.82) is 5.41 Å². The van der Waals surface area contributed by atoms with E-state index in [1.807, 2.05) is 0 Å². The van der Waals surface area contributed by atoms with Crippen LogP contribution in [0.3, 0.4) is 0 Å². The van der Waals surface area contributed by atoms with Gasteiger partial charge in [0.2, 0.25) is 0 Å². The van der Waals surface area contributed by atoms with E-state index in [4.69, 9.17) is 15.9 Å². The lowest BCUT2D eigenvalue weighted by Crippen LogP contribution is -2.41. The first-order valence-corrected chi connectivity index (χ1v) is 7.60. The summed E-state index contributed by atoms with van der Waals surface area (Å²) in [6, 6.07) is 1.86. The second kappa shape index (κ2) is 6.59. The molecule has 1 aliphatic heterocycles. The van der Waals surface area contributed by atoms with Gasteiger partial charge in [0.05, 0.1) is 23.5 Å². The molecule has 0 saturated heterocycles. The molecule has 0 aromatic heterocycles. The number of hydrogen-bond acceptors (Lipinski definition) is 4. The lowest BCUT2D eigenvalue weighted by molar-refractivity contribution is 0.0265. The smallest absolute Gasteiger partial charge is 0.410 e. The van der Waals surface area contributed by atoms with Gasteiger partial charge < -0.3 is 15.4 Å². The molecule has 24 heavy (non-hydrogen) atoms. The zero-order valence-corrected chi connectivity index (χ0v) is 14.0. The summed E-state index contributed by atoms with van der Waals surface area (Å²) in [5, 5.41) is 8.18. The normalized spacial score (nSPS) is 15.0. The van der Waals surface area contributed by atoms with Crippen LogP contribution in [-0.2, 0) is 4.74 Å². The number of anilines is 1.